The van der Waals surface area contributed by atoms with Gasteiger partial charge in [0.2, 0.25) is 5.91 Å². The SMILES string of the molecule is CCC(CC)(C(=O)NCCCCN(C)C)C(N)=S. The molecule has 5 heteroatoms. The standard InChI is InChI=1S/C13H27N3OS/c1-5-13(6-2,11(14)18)12(17)15-9-7-8-10-16(3)4/h5-10H2,1-4H3,(H2,14,18)(H,15,17). The van der Waals surface area contributed by atoms with Crippen molar-refractivity contribution in [1.82, 2.24) is 10.2 Å². The van der Waals surface area contributed by atoms with Gasteiger partial charge in [-0.15, -0.1) is 0 Å². The molecule has 4 nitrogen and oxygen atoms in total. The molecule has 0 fully saturated rings. The van der Waals surface area contributed by atoms with Crippen molar-refractivity contribution in [3.05, 3.63) is 0 Å². The van der Waals surface area contributed by atoms with Crippen molar-refractivity contribution in [2.24, 2.45) is 11.1 Å². The van der Waals surface area contributed by atoms with Gasteiger partial charge in [-0.1, -0.05) is 26.1 Å². The Labute approximate surface area is 116 Å². The van der Waals surface area contributed by atoms with Crippen LogP contribution in [0.5, 0.6) is 0 Å². The summed E-state index contributed by atoms with van der Waals surface area (Å²) in [6.07, 6.45) is 3.36. The van der Waals surface area contributed by atoms with E-state index < -0.39 is 5.41 Å². The Morgan fingerprint density at radius 2 is 1.83 bits per heavy atom. The number of nitrogens with two attached hydrogens (primary N) is 1. The monoisotopic (exact) mass is 273 g/mol. The first kappa shape index (κ1) is 17.3. The van der Waals surface area contributed by atoms with Crippen LogP contribution >= 0.6 is 12.2 Å². The Balaban J connectivity index is 4.17. The molecule has 0 saturated heterocycles. The summed E-state index contributed by atoms with van der Waals surface area (Å²) in [7, 11) is 4.09. The molecule has 3 N–H and O–H groups in total. The third-order valence-electron chi connectivity index (χ3n) is 3.43. The number of rotatable bonds is 9. The second kappa shape index (κ2) is 8.43. The zero-order valence-corrected chi connectivity index (χ0v) is 12.9. The quantitative estimate of drug-likeness (QED) is 0.494. The lowest BCUT2D eigenvalue weighted by Crippen LogP contribution is -2.48. The highest BCUT2D eigenvalue weighted by Gasteiger charge is 2.37. The van der Waals surface area contributed by atoms with E-state index in [-0.39, 0.29) is 5.91 Å². The van der Waals surface area contributed by atoms with Crippen molar-refractivity contribution in [1.29, 1.82) is 0 Å². The minimum absolute atomic E-state index is 0.0233. The van der Waals surface area contributed by atoms with Crippen molar-refractivity contribution in [3.63, 3.8) is 0 Å². The lowest BCUT2D eigenvalue weighted by molar-refractivity contribution is -0.127. The van der Waals surface area contributed by atoms with E-state index in [1.54, 1.807) is 0 Å². The lowest BCUT2D eigenvalue weighted by atomic mass is 9.81. The minimum atomic E-state index is -0.670. The molecule has 0 saturated carbocycles. The first-order chi connectivity index (χ1) is 8.40. The van der Waals surface area contributed by atoms with Gasteiger partial charge in [-0.05, 0) is 46.3 Å². The van der Waals surface area contributed by atoms with Gasteiger partial charge in [-0.25, -0.2) is 0 Å². The fourth-order valence-corrected chi connectivity index (χ4v) is 2.34. The maximum Gasteiger partial charge on any atom is 0.233 e. The Hall–Kier alpha value is -0.680. The molecular formula is C13H27N3OS. The molecule has 0 aliphatic heterocycles. The van der Waals surface area contributed by atoms with Gasteiger partial charge in [0.15, 0.2) is 0 Å². The molecule has 0 bridgehead atoms. The van der Waals surface area contributed by atoms with Gasteiger partial charge in [-0.3, -0.25) is 4.79 Å². The number of hydrogen-bond acceptors (Lipinski definition) is 3. The highest BCUT2D eigenvalue weighted by molar-refractivity contribution is 7.80. The average molecular weight is 273 g/mol. The van der Waals surface area contributed by atoms with Crippen LogP contribution in [0.4, 0.5) is 0 Å². The van der Waals surface area contributed by atoms with Crippen molar-refractivity contribution in [2.45, 2.75) is 39.5 Å². The summed E-state index contributed by atoms with van der Waals surface area (Å²) < 4.78 is 0. The molecule has 0 spiro atoms. The number of nitrogens with zero attached hydrogens (tertiary/aromatic N) is 1. The molecule has 0 aromatic rings. The van der Waals surface area contributed by atoms with Gasteiger partial charge in [-0.2, -0.15) is 0 Å². The van der Waals surface area contributed by atoms with Gasteiger partial charge < -0.3 is 16.0 Å². The molecular weight excluding hydrogens is 246 g/mol. The summed E-state index contributed by atoms with van der Waals surface area (Å²) in [4.78, 5) is 14.6. The molecule has 0 aromatic carbocycles. The summed E-state index contributed by atoms with van der Waals surface area (Å²) in [5.74, 6) is -0.0233. The van der Waals surface area contributed by atoms with Gasteiger partial charge in [0.05, 0.1) is 10.4 Å². The smallest absolute Gasteiger partial charge is 0.233 e. The van der Waals surface area contributed by atoms with E-state index in [4.69, 9.17) is 18.0 Å². The summed E-state index contributed by atoms with van der Waals surface area (Å²) >= 11 is 5.05. The molecule has 0 atom stereocenters. The molecule has 0 heterocycles. The zero-order valence-electron chi connectivity index (χ0n) is 12.1. The van der Waals surface area contributed by atoms with Gasteiger partial charge in [0.25, 0.3) is 0 Å². The van der Waals surface area contributed by atoms with Crippen molar-refractivity contribution in [2.75, 3.05) is 27.2 Å². The molecule has 18 heavy (non-hydrogen) atoms. The molecule has 0 unspecified atom stereocenters. The van der Waals surface area contributed by atoms with Crippen molar-refractivity contribution in [3.8, 4) is 0 Å². The lowest BCUT2D eigenvalue weighted by Gasteiger charge is -2.28. The van der Waals surface area contributed by atoms with Crippen LogP contribution < -0.4 is 11.1 Å². The molecule has 0 aromatic heterocycles. The number of hydrogen-bond donors (Lipinski definition) is 2. The molecule has 106 valence electrons. The molecule has 0 aliphatic rings. The summed E-state index contributed by atoms with van der Waals surface area (Å²) in [6.45, 7) is 5.64. The largest absolute Gasteiger partial charge is 0.392 e. The van der Waals surface area contributed by atoms with Crippen LogP contribution in [0.1, 0.15) is 39.5 Å². The number of carbonyl (C=O) groups is 1. The Morgan fingerprint density at radius 3 is 2.22 bits per heavy atom. The van der Waals surface area contributed by atoms with Crippen molar-refractivity contribution >= 4 is 23.1 Å². The van der Waals surface area contributed by atoms with E-state index in [1.807, 2.05) is 27.9 Å². The topological polar surface area (TPSA) is 58.4 Å². The highest BCUT2D eigenvalue weighted by Crippen LogP contribution is 2.27. The zero-order chi connectivity index (χ0) is 14.2. The minimum Gasteiger partial charge on any atom is -0.392 e. The van der Waals surface area contributed by atoms with Crippen molar-refractivity contribution < 1.29 is 4.79 Å². The third-order valence-corrected chi connectivity index (χ3v) is 3.82. The summed E-state index contributed by atoms with van der Waals surface area (Å²) in [5, 5.41) is 2.96. The van der Waals surface area contributed by atoms with Gasteiger partial charge >= 0.3 is 0 Å². The van der Waals surface area contributed by atoms with Crippen LogP contribution in [0.2, 0.25) is 0 Å². The molecule has 0 aliphatic carbocycles. The van der Waals surface area contributed by atoms with Gasteiger partial charge in [0.1, 0.15) is 0 Å². The average Bonchev–Trinajstić information content (AvgIpc) is 2.30. The van der Waals surface area contributed by atoms with Crippen LogP contribution in [-0.2, 0) is 4.79 Å². The fourth-order valence-electron chi connectivity index (χ4n) is 1.96. The number of thiocarbonyl (C=S) groups is 1. The maximum atomic E-state index is 12.2. The van der Waals surface area contributed by atoms with E-state index in [2.05, 4.69) is 10.2 Å². The van der Waals surface area contributed by atoms with E-state index in [1.165, 1.54) is 0 Å². The fraction of sp³-hybridized carbons (Fsp3) is 0.846. The van der Waals surface area contributed by atoms with Crippen LogP contribution in [0, 0.1) is 5.41 Å². The number of amides is 1. The second-order valence-electron chi connectivity index (χ2n) is 4.92. The van der Waals surface area contributed by atoms with Crippen LogP contribution in [-0.4, -0.2) is 43.0 Å². The van der Waals surface area contributed by atoms with E-state index in [0.717, 1.165) is 19.4 Å². The van der Waals surface area contributed by atoms with Crippen LogP contribution in [0.25, 0.3) is 0 Å². The first-order valence-corrected chi connectivity index (χ1v) is 7.04. The summed E-state index contributed by atoms with van der Waals surface area (Å²) in [6, 6.07) is 0. The molecule has 1 amide bonds. The number of nitrogens with one attached hydrogen (secondary N) is 1. The second-order valence-corrected chi connectivity index (χ2v) is 5.36. The van der Waals surface area contributed by atoms with E-state index in [0.29, 0.717) is 24.4 Å². The first-order valence-electron chi connectivity index (χ1n) is 6.63. The number of unbranched alkanes of at least 4 members (excludes halogenated alkanes) is 1. The number of carbonyl (C=O) groups excluding carboxylic acids is 1. The molecule has 0 radical (unpaired) electrons. The van der Waals surface area contributed by atoms with Crippen LogP contribution in [0.15, 0.2) is 0 Å². The Morgan fingerprint density at radius 1 is 1.28 bits per heavy atom. The normalized spacial score (nSPS) is 11.6. The van der Waals surface area contributed by atoms with Gasteiger partial charge in [0, 0.05) is 6.54 Å². The van der Waals surface area contributed by atoms with E-state index in [9.17, 15) is 4.79 Å². The van der Waals surface area contributed by atoms with Crippen LogP contribution in [0.3, 0.4) is 0 Å². The van der Waals surface area contributed by atoms with E-state index >= 15 is 0 Å². The Kier molecular flexibility index (Phi) is 8.11. The third kappa shape index (κ3) is 4.90. The Bertz CT molecular complexity index is 275. The predicted octanol–water partition coefficient (Wildman–Crippen LogP) is 1.54. The maximum absolute atomic E-state index is 12.2. The molecule has 0 rings (SSSR count). The predicted molar refractivity (Wildman–Crippen MR) is 80.6 cm³/mol. The summed E-state index contributed by atoms with van der Waals surface area (Å²) in [5.41, 5.74) is 5.06. The highest BCUT2D eigenvalue weighted by atomic mass is 32.1.